The molecule has 10 nitrogen and oxygen atoms in total. The molecule has 1 aromatic heterocycles. The number of amides is 1. The Morgan fingerprint density at radius 1 is 0.816 bits per heavy atom. The fraction of sp³-hybridized carbons (Fsp3) is 0.179. The molecule has 0 N–H and O–H groups in total. The van der Waals surface area contributed by atoms with Gasteiger partial charge in [0.2, 0.25) is 0 Å². The Labute approximate surface area is 284 Å². The van der Waals surface area contributed by atoms with Crippen LogP contribution in [0.3, 0.4) is 0 Å². The number of carbonyl (C=O) groups is 2. The third kappa shape index (κ3) is 7.23. The van der Waals surface area contributed by atoms with Gasteiger partial charge in [0.05, 0.1) is 39.1 Å². The molecular formula is C39H36N4O6. The van der Waals surface area contributed by atoms with Crippen LogP contribution >= 0.6 is 0 Å². The monoisotopic (exact) mass is 656 g/mol. The van der Waals surface area contributed by atoms with E-state index in [2.05, 4.69) is 10.3 Å². The lowest BCUT2D eigenvalue weighted by molar-refractivity contribution is -0.128. The molecule has 5 aromatic rings. The second-order valence-electron chi connectivity index (χ2n) is 11.4. The third-order valence-corrected chi connectivity index (χ3v) is 8.22. The molecule has 6 rings (SSSR count). The molecule has 0 spiro atoms. The SMILES string of the molecule is COc1ccc(C(=O)/C=C/c2ccc(OCc3cn(C4C(=O)N(c5ccc(C)cc5)C4/C=C/c4ccccc4)nn3)c(OC)c2)c(OC)c1. The van der Waals surface area contributed by atoms with Crippen molar-refractivity contribution in [2.24, 2.45) is 0 Å². The van der Waals surface area contributed by atoms with Gasteiger partial charge < -0.3 is 23.8 Å². The normalized spacial score (nSPS) is 15.8. The Balaban J connectivity index is 1.14. The van der Waals surface area contributed by atoms with Gasteiger partial charge in [0.1, 0.15) is 23.8 Å². The molecule has 10 heteroatoms. The number of nitrogens with zero attached hydrogens (tertiary/aromatic N) is 4. The number of hydrogen-bond acceptors (Lipinski definition) is 8. The smallest absolute Gasteiger partial charge is 0.255 e. The molecule has 0 aliphatic carbocycles. The highest BCUT2D eigenvalue weighted by Gasteiger charge is 2.48. The van der Waals surface area contributed by atoms with Crippen molar-refractivity contribution in [2.45, 2.75) is 25.6 Å². The average Bonchev–Trinajstić information content (AvgIpc) is 3.60. The molecule has 0 bridgehead atoms. The zero-order valence-corrected chi connectivity index (χ0v) is 27.6. The molecule has 1 aliphatic heterocycles. The van der Waals surface area contributed by atoms with Gasteiger partial charge in [0, 0.05) is 11.8 Å². The number of rotatable bonds is 13. The summed E-state index contributed by atoms with van der Waals surface area (Å²) in [6.45, 7) is 2.12. The molecule has 2 atom stereocenters. The summed E-state index contributed by atoms with van der Waals surface area (Å²) in [7, 11) is 4.61. The van der Waals surface area contributed by atoms with Gasteiger partial charge >= 0.3 is 0 Å². The van der Waals surface area contributed by atoms with Gasteiger partial charge in [0.25, 0.3) is 5.91 Å². The molecule has 49 heavy (non-hydrogen) atoms. The van der Waals surface area contributed by atoms with E-state index < -0.39 is 6.04 Å². The molecule has 1 fully saturated rings. The highest BCUT2D eigenvalue weighted by Crippen LogP contribution is 2.37. The summed E-state index contributed by atoms with van der Waals surface area (Å²) in [5.41, 5.74) is 4.70. The van der Waals surface area contributed by atoms with E-state index in [1.165, 1.54) is 13.2 Å². The first kappa shape index (κ1) is 32.8. The summed E-state index contributed by atoms with van der Waals surface area (Å²) < 4.78 is 23.8. The van der Waals surface area contributed by atoms with Crippen LogP contribution in [0.5, 0.6) is 23.0 Å². The van der Waals surface area contributed by atoms with Crippen molar-refractivity contribution in [3.8, 4) is 23.0 Å². The zero-order chi connectivity index (χ0) is 34.3. The van der Waals surface area contributed by atoms with Crippen molar-refractivity contribution in [2.75, 3.05) is 26.2 Å². The van der Waals surface area contributed by atoms with Crippen molar-refractivity contribution in [1.82, 2.24) is 15.0 Å². The van der Waals surface area contributed by atoms with E-state index in [1.54, 1.807) is 66.4 Å². The van der Waals surface area contributed by atoms with E-state index in [-0.39, 0.29) is 24.3 Å². The molecule has 0 saturated carbocycles. The molecule has 2 unspecified atom stereocenters. The van der Waals surface area contributed by atoms with Gasteiger partial charge in [-0.3, -0.25) is 9.59 Å². The molecule has 1 saturated heterocycles. The highest BCUT2D eigenvalue weighted by molar-refractivity contribution is 6.08. The fourth-order valence-corrected chi connectivity index (χ4v) is 5.57. The van der Waals surface area contributed by atoms with Crippen LogP contribution in [-0.2, 0) is 11.4 Å². The van der Waals surface area contributed by atoms with Crippen molar-refractivity contribution >= 4 is 29.5 Å². The number of β-lactam (4-membered cyclic amide) rings is 1. The fourth-order valence-electron chi connectivity index (χ4n) is 5.57. The molecule has 2 heterocycles. The molecule has 1 aliphatic rings. The standard InChI is InChI=1S/C39H36N4O6/c1-26-10-15-30(16-11-26)43-33(19-12-27-8-6-5-7-9-27)38(39(43)45)42-24-29(40-41-42)25-49-35-21-14-28(22-37(35)48-4)13-20-34(44)32-18-17-31(46-2)23-36(32)47-3/h5-24,33,38H,25H2,1-4H3/b19-12+,20-13+. The zero-order valence-electron chi connectivity index (χ0n) is 27.6. The number of anilines is 1. The van der Waals surface area contributed by atoms with Crippen LogP contribution in [0.4, 0.5) is 5.69 Å². The number of methoxy groups -OCH3 is 3. The second-order valence-corrected chi connectivity index (χ2v) is 11.4. The van der Waals surface area contributed by atoms with E-state index in [9.17, 15) is 9.59 Å². The highest BCUT2D eigenvalue weighted by atomic mass is 16.5. The Morgan fingerprint density at radius 3 is 2.33 bits per heavy atom. The number of carbonyl (C=O) groups excluding carboxylic acids is 2. The molecule has 0 radical (unpaired) electrons. The van der Waals surface area contributed by atoms with E-state index in [1.807, 2.05) is 79.7 Å². The van der Waals surface area contributed by atoms with Gasteiger partial charge in [-0.25, -0.2) is 4.68 Å². The first-order chi connectivity index (χ1) is 23.9. The summed E-state index contributed by atoms with van der Waals surface area (Å²) in [6.07, 6.45) is 8.95. The molecule has 1 amide bonds. The number of ketones is 1. The maximum Gasteiger partial charge on any atom is 0.255 e. The maximum absolute atomic E-state index is 13.5. The predicted octanol–water partition coefficient (Wildman–Crippen LogP) is 6.76. The largest absolute Gasteiger partial charge is 0.497 e. The molecule has 248 valence electrons. The Kier molecular flexibility index (Phi) is 9.85. The number of hydrogen-bond donors (Lipinski definition) is 0. The van der Waals surface area contributed by atoms with E-state index in [0.29, 0.717) is 34.3 Å². The maximum atomic E-state index is 13.5. The quantitative estimate of drug-likeness (QED) is 0.0778. The van der Waals surface area contributed by atoms with Crippen LogP contribution in [0.15, 0.2) is 109 Å². The van der Waals surface area contributed by atoms with Crippen molar-refractivity contribution in [1.29, 1.82) is 0 Å². The number of aryl methyl sites for hydroxylation is 1. The van der Waals surface area contributed by atoms with Crippen LogP contribution in [0.25, 0.3) is 12.2 Å². The van der Waals surface area contributed by atoms with Gasteiger partial charge in [0.15, 0.2) is 23.3 Å². The number of aromatic nitrogens is 3. The second kappa shape index (κ2) is 14.7. The van der Waals surface area contributed by atoms with Gasteiger partial charge in [-0.05, 0) is 60.5 Å². The van der Waals surface area contributed by atoms with Gasteiger partial charge in [-0.1, -0.05) is 77.5 Å². The molecule has 4 aromatic carbocycles. The lowest BCUT2D eigenvalue weighted by Crippen LogP contribution is -2.61. The lowest BCUT2D eigenvalue weighted by atomic mass is 9.92. The minimum absolute atomic E-state index is 0.0711. The summed E-state index contributed by atoms with van der Waals surface area (Å²) >= 11 is 0. The van der Waals surface area contributed by atoms with Crippen LogP contribution in [0.1, 0.15) is 38.8 Å². The van der Waals surface area contributed by atoms with Crippen molar-refractivity contribution < 1.29 is 28.5 Å². The minimum atomic E-state index is -0.552. The van der Waals surface area contributed by atoms with Crippen molar-refractivity contribution in [3.05, 3.63) is 137 Å². The van der Waals surface area contributed by atoms with Crippen molar-refractivity contribution in [3.63, 3.8) is 0 Å². The average molecular weight is 657 g/mol. The van der Waals surface area contributed by atoms with Crippen LogP contribution < -0.4 is 23.8 Å². The third-order valence-electron chi connectivity index (χ3n) is 8.22. The number of ether oxygens (including phenoxy) is 4. The first-order valence-electron chi connectivity index (χ1n) is 15.7. The Hall–Kier alpha value is -6.16. The van der Waals surface area contributed by atoms with E-state index >= 15 is 0 Å². The Morgan fingerprint density at radius 2 is 1.59 bits per heavy atom. The summed E-state index contributed by atoms with van der Waals surface area (Å²) in [6, 6.07) is 27.5. The van der Waals surface area contributed by atoms with Crippen LogP contribution in [0, 0.1) is 6.92 Å². The summed E-state index contributed by atoms with van der Waals surface area (Å²) in [4.78, 5) is 28.2. The number of benzene rings is 4. The molecular weight excluding hydrogens is 620 g/mol. The first-order valence-corrected chi connectivity index (χ1v) is 15.7. The van der Waals surface area contributed by atoms with E-state index in [0.717, 1.165) is 22.4 Å². The topological polar surface area (TPSA) is 105 Å². The minimum Gasteiger partial charge on any atom is -0.497 e. The van der Waals surface area contributed by atoms with Gasteiger partial charge in [-0.2, -0.15) is 0 Å². The van der Waals surface area contributed by atoms with E-state index in [4.69, 9.17) is 18.9 Å². The van der Waals surface area contributed by atoms with Gasteiger partial charge in [-0.15, -0.1) is 5.10 Å². The predicted molar refractivity (Wildman–Crippen MR) is 187 cm³/mol. The number of allylic oxidation sites excluding steroid dienone is 1. The Bertz CT molecular complexity index is 2000. The van der Waals surface area contributed by atoms with Crippen LogP contribution in [0.2, 0.25) is 0 Å². The summed E-state index contributed by atoms with van der Waals surface area (Å²) in [5, 5.41) is 8.60. The lowest BCUT2D eigenvalue weighted by Gasteiger charge is -2.45. The summed E-state index contributed by atoms with van der Waals surface area (Å²) in [5.74, 6) is 1.72. The van der Waals surface area contributed by atoms with Crippen LogP contribution in [-0.4, -0.2) is 54.1 Å².